The number of phenols is 2. The first-order valence-corrected chi connectivity index (χ1v) is 7.28. The molecular formula is C16H15ClN2O3. The van der Waals surface area contributed by atoms with E-state index in [0.717, 1.165) is 0 Å². The summed E-state index contributed by atoms with van der Waals surface area (Å²) in [6.45, 7) is 2.96. The van der Waals surface area contributed by atoms with E-state index >= 15 is 0 Å². The van der Waals surface area contributed by atoms with Crippen LogP contribution in [0, 0.1) is 0 Å². The predicted molar refractivity (Wildman–Crippen MR) is 85.8 cm³/mol. The second-order valence-corrected chi connectivity index (χ2v) is 5.46. The Bertz CT molecular complexity index is 898. The lowest BCUT2D eigenvalue weighted by atomic mass is 10.1. The number of pyridine rings is 1. The number of aromatic hydroxyl groups is 2. The van der Waals surface area contributed by atoms with Gasteiger partial charge < -0.3 is 19.3 Å². The third-order valence-electron chi connectivity index (χ3n) is 3.70. The summed E-state index contributed by atoms with van der Waals surface area (Å²) < 4.78 is 3.72. The van der Waals surface area contributed by atoms with E-state index in [0.29, 0.717) is 24.2 Å². The Kier molecular flexibility index (Phi) is 3.58. The molecule has 0 atom stereocenters. The third kappa shape index (κ3) is 2.23. The van der Waals surface area contributed by atoms with Crippen LogP contribution in [0.25, 0.3) is 10.9 Å². The highest BCUT2D eigenvalue weighted by Crippen LogP contribution is 2.38. The Morgan fingerprint density at radius 1 is 1.23 bits per heavy atom. The zero-order valence-electron chi connectivity index (χ0n) is 12.0. The minimum atomic E-state index is -0.466. The summed E-state index contributed by atoms with van der Waals surface area (Å²) in [7, 11) is 0. The smallest absolute Gasteiger partial charge is 0.196 e. The largest absolute Gasteiger partial charge is 0.504 e. The maximum Gasteiger partial charge on any atom is 0.196 e. The Morgan fingerprint density at radius 3 is 2.55 bits per heavy atom. The minimum absolute atomic E-state index is 0.114. The van der Waals surface area contributed by atoms with Crippen molar-refractivity contribution in [2.24, 2.45) is 0 Å². The summed E-state index contributed by atoms with van der Waals surface area (Å²) in [6, 6.07) is 5.13. The summed E-state index contributed by atoms with van der Waals surface area (Å²) >= 11 is 6.09. The van der Waals surface area contributed by atoms with E-state index in [1.54, 1.807) is 6.20 Å². The van der Waals surface area contributed by atoms with E-state index in [2.05, 4.69) is 0 Å². The first-order chi connectivity index (χ1) is 10.5. The zero-order chi connectivity index (χ0) is 15.9. The molecule has 0 aliphatic rings. The van der Waals surface area contributed by atoms with E-state index in [4.69, 9.17) is 11.6 Å². The molecule has 2 heterocycles. The monoisotopic (exact) mass is 318 g/mol. The standard InChI is InChI=1S/C16H15ClN2O3/c1-2-19-9-10(8-18-5-3-4-6-18)15(21)13-11(19)7-12(20)16(22)14(13)17/h3-7,9,20,22H,2,8H2,1H3. The van der Waals surface area contributed by atoms with Gasteiger partial charge in [0.05, 0.1) is 22.5 Å². The molecule has 0 radical (unpaired) electrons. The van der Waals surface area contributed by atoms with Crippen LogP contribution in [0.1, 0.15) is 12.5 Å². The number of benzene rings is 1. The molecule has 0 saturated heterocycles. The second-order valence-electron chi connectivity index (χ2n) is 5.08. The van der Waals surface area contributed by atoms with Crippen LogP contribution in [-0.4, -0.2) is 19.3 Å². The summed E-state index contributed by atoms with van der Waals surface area (Å²) in [4.78, 5) is 12.7. The van der Waals surface area contributed by atoms with Gasteiger partial charge in [-0.15, -0.1) is 0 Å². The molecule has 0 saturated carbocycles. The highest BCUT2D eigenvalue weighted by Gasteiger charge is 2.17. The van der Waals surface area contributed by atoms with Crippen LogP contribution in [-0.2, 0) is 13.1 Å². The Labute approximate surface area is 131 Å². The molecule has 0 unspecified atom stereocenters. The fourth-order valence-electron chi connectivity index (χ4n) is 2.58. The number of aryl methyl sites for hydroxylation is 1. The first kappa shape index (κ1) is 14.5. The molecule has 114 valence electrons. The Balaban J connectivity index is 2.32. The van der Waals surface area contributed by atoms with E-state index < -0.39 is 5.75 Å². The lowest BCUT2D eigenvalue weighted by Gasteiger charge is -2.14. The number of phenolic OH excluding ortho intramolecular Hbond substituents is 2. The molecule has 0 amide bonds. The van der Waals surface area contributed by atoms with Gasteiger partial charge in [0, 0.05) is 36.8 Å². The van der Waals surface area contributed by atoms with Crippen molar-refractivity contribution in [1.29, 1.82) is 0 Å². The minimum Gasteiger partial charge on any atom is -0.504 e. The molecule has 0 spiro atoms. The number of hydrogen-bond acceptors (Lipinski definition) is 3. The van der Waals surface area contributed by atoms with E-state index in [1.165, 1.54) is 6.07 Å². The van der Waals surface area contributed by atoms with Gasteiger partial charge in [-0.1, -0.05) is 11.6 Å². The van der Waals surface area contributed by atoms with Crippen LogP contribution in [0.2, 0.25) is 5.02 Å². The molecule has 0 aliphatic heterocycles. The van der Waals surface area contributed by atoms with Crippen molar-refractivity contribution in [1.82, 2.24) is 9.13 Å². The molecule has 2 aromatic heterocycles. The van der Waals surface area contributed by atoms with Crippen LogP contribution >= 0.6 is 11.6 Å². The lowest BCUT2D eigenvalue weighted by molar-refractivity contribution is 0.404. The van der Waals surface area contributed by atoms with Gasteiger partial charge in [-0.3, -0.25) is 4.79 Å². The molecule has 5 nitrogen and oxygen atoms in total. The van der Waals surface area contributed by atoms with Gasteiger partial charge >= 0.3 is 0 Å². The molecular weight excluding hydrogens is 304 g/mol. The molecule has 6 heteroatoms. The maximum absolute atomic E-state index is 12.7. The fraction of sp³-hybridized carbons (Fsp3) is 0.188. The fourth-order valence-corrected chi connectivity index (χ4v) is 2.86. The van der Waals surface area contributed by atoms with E-state index in [1.807, 2.05) is 40.6 Å². The third-order valence-corrected chi connectivity index (χ3v) is 4.07. The highest BCUT2D eigenvalue weighted by atomic mass is 35.5. The number of rotatable bonds is 3. The van der Waals surface area contributed by atoms with Crippen molar-refractivity contribution in [2.75, 3.05) is 0 Å². The van der Waals surface area contributed by atoms with E-state index in [9.17, 15) is 15.0 Å². The first-order valence-electron chi connectivity index (χ1n) is 6.90. The summed E-state index contributed by atoms with van der Waals surface area (Å²) in [5, 5.41) is 19.6. The van der Waals surface area contributed by atoms with Crippen LogP contribution in [0.5, 0.6) is 11.5 Å². The number of aromatic nitrogens is 2. The van der Waals surface area contributed by atoms with Gasteiger partial charge in [-0.05, 0) is 19.1 Å². The topological polar surface area (TPSA) is 67.4 Å². The Morgan fingerprint density at radius 2 is 1.91 bits per heavy atom. The number of nitrogens with zero attached hydrogens (tertiary/aromatic N) is 2. The molecule has 1 aromatic carbocycles. The van der Waals surface area contributed by atoms with Crippen molar-refractivity contribution in [3.05, 3.63) is 57.6 Å². The van der Waals surface area contributed by atoms with Gasteiger partial charge in [0.2, 0.25) is 0 Å². The van der Waals surface area contributed by atoms with Crippen molar-refractivity contribution >= 4 is 22.5 Å². The Hall–Kier alpha value is -2.40. The van der Waals surface area contributed by atoms with Gasteiger partial charge in [-0.2, -0.15) is 0 Å². The van der Waals surface area contributed by atoms with Gasteiger partial charge in [0.1, 0.15) is 0 Å². The second kappa shape index (κ2) is 5.42. The average Bonchev–Trinajstić information content (AvgIpc) is 3.00. The number of halogens is 1. The molecule has 2 N–H and O–H groups in total. The molecule has 3 rings (SSSR count). The van der Waals surface area contributed by atoms with Crippen LogP contribution in [0.4, 0.5) is 0 Å². The molecule has 0 bridgehead atoms. The van der Waals surface area contributed by atoms with E-state index in [-0.39, 0.29) is 21.6 Å². The van der Waals surface area contributed by atoms with Crippen molar-refractivity contribution in [3.63, 3.8) is 0 Å². The van der Waals surface area contributed by atoms with Crippen LogP contribution in [0.15, 0.2) is 41.6 Å². The highest BCUT2D eigenvalue weighted by molar-refractivity contribution is 6.37. The van der Waals surface area contributed by atoms with Crippen molar-refractivity contribution in [2.45, 2.75) is 20.0 Å². The SMILES string of the molecule is CCn1cc(Cn2cccc2)c(=O)c2c(Cl)c(O)c(O)cc21. The molecule has 22 heavy (non-hydrogen) atoms. The van der Waals surface area contributed by atoms with Crippen LogP contribution in [0.3, 0.4) is 0 Å². The quantitative estimate of drug-likeness (QED) is 0.730. The van der Waals surface area contributed by atoms with Gasteiger partial charge in [0.25, 0.3) is 0 Å². The maximum atomic E-state index is 12.7. The normalized spacial score (nSPS) is 11.2. The summed E-state index contributed by atoms with van der Waals surface area (Å²) in [6.07, 6.45) is 5.50. The van der Waals surface area contributed by atoms with Crippen LogP contribution < -0.4 is 5.43 Å². The van der Waals surface area contributed by atoms with Crippen molar-refractivity contribution < 1.29 is 10.2 Å². The zero-order valence-corrected chi connectivity index (χ0v) is 12.7. The van der Waals surface area contributed by atoms with Crippen molar-refractivity contribution in [3.8, 4) is 11.5 Å². The number of hydrogen-bond donors (Lipinski definition) is 2. The molecule has 0 aliphatic carbocycles. The van der Waals surface area contributed by atoms with Gasteiger partial charge in [0.15, 0.2) is 16.9 Å². The lowest BCUT2D eigenvalue weighted by Crippen LogP contribution is -2.17. The molecule has 0 fully saturated rings. The summed E-state index contributed by atoms with van der Waals surface area (Å²) in [5.41, 5.74) is 0.829. The number of fused-ring (bicyclic) bond motifs is 1. The van der Waals surface area contributed by atoms with Gasteiger partial charge in [-0.25, -0.2) is 0 Å². The summed E-state index contributed by atoms with van der Waals surface area (Å²) in [5.74, 6) is -0.802. The predicted octanol–water partition coefficient (Wildman–Crippen LogP) is 2.94. The molecule has 3 aromatic rings. The average molecular weight is 319 g/mol.